The van der Waals surface area contributed by atoms with Crippen LogP contribution in [-0.2, 0) is 27.4 Å². The van der Waals surface area contributed by atoms with Crippen LogP contribution in [0.5, 0.6) is 0 Å². The van der Waals surface area contributed by atoms with Gasteiger partial charge in [0, 0.05) is 25.2 Å². The maximum absolute atomic E-state index is 6.16. The van der Waals surface area contributed by atoms with E-state index < -0.39 is 5.79 Å². The smallest absolute Gasteiger partial charge is 0.187 e. The van der Waals surface area contributed by atoms with E-state index in [2.05, 4.69) is 47.4 Å². The molecule has 0 radical (unpaired) electrons. The van der Waals surface area contributed by atoms with Crippen molar-refractivity contribution >= 4 is 5.82 Å². The van der Waals surface area contributed by atoms with Crippen molar-refractivity contribution in [2.24, 2.45) is 0 Å². The summed E-state index contributed by atoms with van der Waals surface area (Å²) in [6.45, 7) is 4.04. The van der Waals surface area contributed by atoms with Crippen LogP contribution >= 0.6 is 0 Å². The van der Waals surface area contributed by atoms with E-state index in [1.807, 2.05) is 35.1 Å². The summed E-state index contributed by atoms with van der Waals surface area (Å²) >= 11 is 0. The van der Waals surface area contributed by atoms with Gasteiger partial charge in [-0.1, -0.05) is 60.7 Å². The predicted octanol–water partition coefficient (Wildman–Crippen LogP) is 3.47. The highest BCUT2D eigenvalue weighted by atomic mass is 16.7. The number of hydrogen-bond donors (Lipinski definition) is 0. The van der Waals surface area contributed by atoms with Gasteiger partial charge in [0.25, 0.3) is 0 Å². The first-order chi connectivity index (χ1) is 14.8. The fourth-order valence-electron chi connectivity index (χ4n) is 4.03. The summed E-state index contributed by atoms with van der Waals surface area (Å²) in [4.78, 5) is 2.24. The molecular formula is C24H27N3O3. The molecule has 2 aliphatic heterocycles. The minimum Gasteiger partial charge on any atom is -0.369 e. The molecule has 3 aromatic rings. The third-order valence-electron chi connectivity index (χ3n) is 5.73. The third kappa shape index (κ3) is 4.41. The number of nitrogens with zero attached hydrogens (tertiary/aromatic N) is 3. The standard InChI is InChI=1S/C24H27N3O3/c1-3-7-20(8-4-1)15-27-13-11-23(25-27)26-14-12-24(19-26)29-17-22(18-30-24)28-16-21-9-5-2-6-10-21/h1-11,13,22H,12,14-19H2. The maximum atomic E-state index is 6.16. The summed E-state index contributed by atoms with van der Waals surface area (Å²) in [7, 11) is 0. The summed E-state index contributed by atoms with van der Waals surface area (Å²) < 4.78 is 20.3. The third-order valence-corrected chi connectivity index (χ3v) is 5.73. The normalized spacial score (nSPS) is 23.9. The highest BCUT2D eigenvalue weighted by molar-refractivity contribution is 5.39. The topological polar surface area (TPSA) is 48.8 Å². The predicted molar refractivity (Wildman–Crippen MR) is 114 cm³/mol. The van der Waals surface area contributed by atoms with Crippen molar-refractivity contribution in [1.29, 1.82) is 0 Å². The largest absolute Gasteiger partial charge is 0.369 e. The minimum atomic E-state index is -0.546. The Kier molecular flexibility index (Phi) is 5.53. The van der Waals surface area contributed by atoms with Gasteiger partial charge in [-0.05, 0) is 11.1 Å². The molecule has 2 saturated heterocycles. The molecule has 1 aromatic heterocycles. The Morgan fingerprint density at radius 3 is 2.37 bits per heavy atom. The van der Waals surface area contributed by atoms with Crippen LogP contribution in [0, 0.1) is 0 Å². The van der Waals surface area contributed by atoms with Crippen molar-refractivity contribution in [2.75, 3.05) is 31.2 Å². The van der Waals surface area contributed by atoms with Crippen molar-refractivity contribution in [3.63, 3.8) is 0 Å². The Labute approximate surface area is 177 Å². The average Bonchev–Trinajstić information content (AvgIpc) is 3.42. The van der Waals surface area contributed by atoms with E-state index in [1.54, 1.807) is 0 Å². The van der Waals surface area contributed by atoms with Crippen molar-refractivity contribution in [3.8, 4) is 0 Å². The summed E-state index contributed by atoms with van der Waals surface area (Å²) in [5.41, 5.74) is 2.40. The Bertz CT molecular complexity index is 937. The van der Waals surface area contributed by atoms with Gasteiger partial charge in [-0.15, -0.1) is 0 Å². The van der Waals surface area contributed by atoms with E-state index in [9.17, 15) is 0 Å². The lowest BCUT2D eigenvalue weighted by Gasteiger charge is -2.37. The number of anilines is 1. The van der Waals surface area contributed by atoms with E-state index in [4.69, 9.17) is 19.3 Å². The lowest BCUT2D eigenvalue weighted by Crippen LogP contribution is -2.48. The van der Waals surface area contributed by atoms with E-state index in [0.717, 1.165) is 30.9 Å². The second kappa shape index (κ2) is 8.60. The molecule has 0 saturated carbocycles. The van der Waals surface area contributed by atoms with Crippen molar-refractivity contribution in [1.82, 2.24) is 9.78 Å². The van der Waals surface area contributed by atoms with Gasteiger partial charge in [0.1, 0.15) is 6.10 Å². The Morgan fingerprint density at radius 2 is 1.63 bits per heavy atom. The molecule has 3 heterocycles. The molecule has 0 amide bonds. The molecule has 5 rings (SSSR count). The zero-order chi connectivity index (χ0) is 20.2. The molecule has 0 bridgehead atoms. The number of benzene rings is 2. The van der Waals surface area contributed by atoms with Gasteiger partial charge >= 0.3 is 0 Å². The van der Waals surface area contributed by atoms with E-state index >= 15 is 0 Å². The van der Waals surface area contributed by atoms with Crippen molar-refractivity contribution in [3.05, 3.63) is 84.1 Å². The summed E-state index contributed by atoms with van der Waals surface area (Å²) in [5.74, 6) is 0.424. The van der Waals surface area contributed by atoms with Crippen LogP contribution < -0.4 is 4.90 Å². The molecule has 2 aliphatic rings. The molecule has 0 atom stereocenters. The van der Waals surface area contributed by atoms with Crippen LogP contribution in [0.2, 0.25) is 0 Å². The van der Waals surface area contributed by atoms with E-state index in [-0.39, 0.29) is 6.10 Å². The molecule has 0 N–H and O–H groups in total. The zero-order valence-electron chi connectivity index (χ0n) is 17.0. The number of rotatable bonds is 6. The highest BCUT2D eigenvalue weighted by Gasteiger charge is 2.44. The van der Waals surface area contributed by atoms with Gasteiger partial charge in [0.15, 0.2) is 11.6 Å². The average molecular weight is 405 g/mol. The molecule has 2 aromatic carbocycles. The lowest BCUT2D eigenvalue weighted by molar-refractivity contribution is -0.287. The summed E-state index contributed by atoms with van der Waals surface area (Å²) in [6.07, 6.45) is 2.84. The van der Waals surface area contributed by atoms with Gasteiger partial charge in [-0.3, -0.25) is 4.68 Å². The van der Waals surface area contributed by atoms with Gasteiger partial charge in [-0.25, -0.2) is 0 Å². The molecule has 2 fully saturated rings. The monoisotopic (exact) mass is 405 g/mol. The quantitative estimate of drug-likeness (QED) is 0.629. The van der Waals surface area contributed by atoms with Crippen LogP contribution in [0.4, 0.5) is 5.82 Å². The number of aromatic nitrogens is 2. The molecule has 0 aliphatic carbocycles. The maximum Gasteiger partial charge on any atom is 0.187 e. The molecule has 30 heavy (non-hydrogen) atoms. The first kappa shape index (κ1) is 19.3. The van der Waals surface area contributed by atoms with Crippen molar-refractivity contribution in [2.45, 2.75) is 31.5 Å². The minimum absolute atomic E-state index is 0.0324. The highest BCUT2D eigenvalue weighted by Crippen LogP contribution is 2.33. The van der Waals surface area contributed by atoms with Gasteiger partial charge in [-0.2, -0.15) is 5.10 Å². The summed E-state index contributed by atoms with van der Waals surface area (Å²) in [6, 6.07) is 22.6. The first-order valence-corrected chi connectivity index (χ1v) is 10.5. The zero-order valence-corrected chi connectivity index (χ0v) is 17.0. The van der Waals surface area contributed by atoms with Crippen LogP contribution in [-0.4, -0.2) is 48.0 Å². The van der Waals surface area contributed by atoms with Crippen LogP contribution in [0.15, 0.2) is 72.9 Å². The van der Waals surface area contributed by atoms with Crippen LogP contribution in [0.1, 0.15) is 17.5 Å². The fraction of sp³-hybridized carbons (Fsp3) is 0.375. The molecule has 1 spiro atoms. The number of hydrogen-bond acceptors (Lipinski definition) is 5. The SMILES string of the molecule is c1ccc(COC2COC3(CCN(c4ccn(Cc5ccccc5)n4)C3)OC2)cc1. The second-order valence-electron chi connectivity index (χ2n) is 7.98. The van der Waals surface area contributed by atoms with E-state index in [1.165, 1.54) is 5.56 Å². The van der Waals surface area contributed by atoms with Gasteiger partial charge < -0.3 is 19.1 Å². The fourth-order valence-corrected chi connectivity index (χ4v) is 4.03. The van der Waals surface area contributed by atoms with Crippen LogP contribution in [0.25, 0.3) is 0 Å². The van der Waals surface area contributed by atoms with Crippen molar-refractivity contribution < 1.29 is 14.2 Å². The van der Waals surface area contributed by atoms with Crippen LogP contribution in [0.3, 0.4) is 0 Å². The first-order valence-electron chi connectivity index (χ1n) is 10.5. The Hall–Kier alpha value is -2.67. The molecule has 0 unspecified atom stereocenters. The molecule has 6 nitrogen and oxygen atoms in total. The second-order valence-corrected chi connectivity index (χ2v) is 7.98. The van der Waals surface area contributed by atoms with E-state index in [0.29, 0.717) is 26.4 Å². The lowest BCUT2D eigenvalue weighted by atomic mass is 10.2. The molecule has 156 valence electrons. The molecular weight excluding hydrogens is 378 g/mol. The molecule has 6 heteroatoms. The Morgan fingerprint density at radius 1 is 0.933 bits per heavy atom. The number of ether oxygens (including phenoxy) is 3. The van der Waals surface area contributed by atoms with Gasteiger partial charge in [0.05, 0.1) is 32.9 Å². The Balaban J connectivity index is 1.13. The van der Waals surface area contributed by atoms with Gasteiger partial charge in [0.2, 0.25) is 0 Å². The summed E-state index contributed by atoms with van der Waals surface area (Å²) in [5, 5.41) is 4.75.